The molecule has 0 N–H and O–H groups in total. The Hall–Kier alpha value is -0.473. The van der Waals surface area contributed by atoms with E-state index in [1.165, 1.54) is 7.11 Å². The molecule has 124 valence electrons. The van der Waals surface area contributed by atoms with Gasteiger partial charge in [0.05, 0.1) is 19.2 Å². The van der Waals surface area contributed by atoms with Crippen molar-refractivity contribution in [3.05, 3.63) is 0 Å². The summed E-state index contributed by atoms with van der Waals surface area (Å²) in [5.74, 6) is -0.0776. The minimum Gasteiger partial charge on any atom is -0.469 e. The number of hydrogen-bond donors (Lipinski definition) is 0. The molecule has 0 aromatic rings. The third-order valence-corrected chi connectivity index (χ3v) is 6.65. The summed E-state index contributed by atoms with van der Waals surface area (Å²) in [4.78, 5) is 13.8. The van der Waals surface area contributed by atoms with Crippen LogP contribution in [0.25, 0.3) is 0 Å². The van der Waals surface area contributed by atoms with Crippen LogP contribution in [0.1, 0.15) is 33.6 Å². The van der Waals surface area contributed by atoms with E-state index in [1.54, 1.807) is 0 Å². The quantitative estimate of drug-likeness (QED) is 0.474. The van der Waals surface area contributed by atoms with Crippen LogP contribution in [0.5, 0.6) is 0 Å². The highest BCUT2D eigenvalue weighted by Gasteiger charge is 2.43. The Balaban J connectivity index is 2.57. The van der Waals surface area contributed by atoms with E-state index in [2.05, 4.69) is 4.90 Å². The molecule has 1 aliphatic rings. The first-order chi connectivity index (χ1) is 10.1. The van der Waals surface area contributed by atoms with Crippen molar-refractivity contribution in [2.24, 2.45) is 5.92 Å². The molecule has 0 bridgehead atoms. The molecule has 1 fully saturated rings. The van der Waals surface area contributed by atoms with Crippen LogP contribution in [0.3, 0.4) is 0 Å². The van der Waals surface area contributed by atoms with Gasteiger partial charge in [-0.05, 0) is 46.7 Å². The number of esters is 1. The van der Waals surface area contributed by atoms with E-state index in [4.69, 9.17) is 18.0 Å². The molecular formula is C14H29NO5Si. The first-order valence-electron chi connectivity index (χ1n) is 7.82. The molecule has 7 heteroatoms. The SMILES string of the molecule is CCO[Si](CN1CCC(C(=O)OC)CC1)(OCC)OCC. The first-order valence-corrected chi connectivity index (χ1v) is 9.76. The Kier molecular flexibility index (Phi) is 8.43. The third kappa shape index (κ3) is 5.67. The van der Waals surface area contributed by atoms with Gasteiger partial charge in [-0.25, -0.2) is 0 Å². The van der Waals surface area contributed by atoms with E-state index < -0.39 is 8.80 Å². The number of nitrogens with zero attached hydrogens (tertiary/aromatic N) is 1. The second-order valence-electron chi connectivity index (χ2n) is 5.06. The maximum atomic E-state index is 11.6. The lowest BCUT2D eigenvalue weighted by Crippen LogP contribution is -2.56. The molecule has 1 saturated heterocycles. The normalized spacial score (nSPS) is 17.9. The zero-order valence-electron chi connectivity index (χ0n) is 13.7. The number of methoxy groups -OCH3 is 1. The van der Waals surface area contributed by atoms with Crippen LogP contribution in [0.2, 0.25) is 0 Å². The lowest BCUT2D eigenvalue weighted by Gasteiger charge is -2.36. The van der Waals surface area contributed by atoms with Crippen LogP contribution < -0.4 is 0 Å². The van der Waals surface area contributed by atoms with Gasteiger partial charge in [-0.1, -0.05) is 0 Å². The molecule has 0 saturated carbocycles. The number of piperidine rings is 1. The van der Waals surface area contributed by atoms with Crippen molar-refractivity contribution in [2.45, 2.75) is 33.6 Å². The van der Waals surface area contributed by atoms with Gasteiger partial charge in [0, 0.05) is 19.8 Å². The highest BCUT2D eigenvalue weighted by atomic mass is 28.4. The van der Waals surface area contributed by atoms with Crippen LogP contribution in [0.4, 0.5) is 0 Å². The molecule has 0 spiro atoms. The van der Waals surface area contributed by atoms with Gasteiger partial charge < -0.3 is 18.0 Å². The smallest absolute Gasteiger partial charge is 0.469 e. The highest BCUT2D eigenvalue weighted by Crippen LogP contribution is 2.21. The zero-order valence-corrected chi connectivity index (χ0v) is 14.7. The van der Waals surface area contributed by atoms with Crippen molar-refractivity contribution >= 4 is 14.8 Å². The number of carbonyl (C=O) groups is 1. The number of rotatable bonds is 9. The molecule has 0 aromatic carbocycles. The molecule has 6 nitrogen and oxygen atoms in total. The average molecular weight is 319 g/mol. The summed E-state index contributed by atoms with van der Waals surface area (Å²) in [5, 5.41) is 0. The van der Waals surface area contributed by atoms with Gasteiger partial charge in [0.15, 0.2) is 0 Å². The summed E-state index contributed by atoms with van der Waals surface area (Å²) in [6.07, 6.45) is 2.33. The van der Waals surface area contributed by atoms with Gasteiger partial charge in [0.25, 0.3) is 0 Å². The fourth-order valence-corrected chi connectivity index (χ4v) is 5.40. The molecule has 1 rings (SSSR count). The highest BCUT2D eigenvalue weighted by molar-refractivity contribution is 6.60. The van der Waals surface area contributed by atoms with Crippen LogP contribution in [0.15, 0.2) is 0 Å². The third-order valence-electron chi connectivity index (χ3n) is 3.63. The zero-order chi connectivity index (χ0) is 15.7. The topological polar surface area (TPSA) is 57.2 Å². The Morgan fingerprint density at radius 3 is 1.90 bits per heavy atom. The van der Waals surface area contributed by atoms with Gasteiger partial charge in [-0.15, -0.1) is 0 Å². The fourth-order valence-electron chi connectivity index (χ4n) is 2.69. The molecule has 0 radical (unpaired) electrons. The van der Waals surface area contributed by atoms with Crippen LogP contribution >= 0.6 is 0 Å². The van der Waals surface area contributed by atoms with E-state index in [9.17, 15) is 4.79 Å². The number of likely N-dealkylation sites (tertiary alicyclic amines) is 1. The summed E-state index contributed by atoms with van der Waals surface area (Å²) in [6, 6.07) is 0. The Morgan fingerprint density at radius 2 is 1.52 bits per heavy atom. The molecule has 0 aromatic heterocycles. The van der Waals surface area contributed by atoms with Gasteiger partial charge in [-0.3, -0.25) is 9.69 Å². The van der Waals surface area contributed by atoms with Crippen molar-refractivity contribution in [1.82, 2.24) is 4.90 Å². The summed E-state index contributed by atoms with van der Waals surface area (Å²) < 4.78 is 22.4. The largest absolute Gasteiger partial charge is 0.515 e. The van der Waals surface area contributed by atoms with E-state index in [0.717, 1.165) is 25.9 Å². The predicted molar refractivity (Wildman–Crippen MR) is 81.8 cm³/mol. The standard InChI is InChI=1S/C14H29NO5Si/c1-5-18-21(19-6-2,20-7-3)12-15-10-8-13(9-11-15)14(16)17-4/h13H,5-12H2,1-4H3. The minimum absolute atomic E-state index is 0.0218. The summed E-state index contributed by atoms with van der Waals surface area (Å²) in [7, 11) is -1.18. The average Bonchev–Trinajstić information content (AvgIpc) is 2.48. The molecule has 0 unspecified atom stereocenters. The van der Waals surface area contributed by atoms with E-state index in [1.807, 2.05) is 20.8 Å². The Bertz CT molecular complexity index is 291. The second kappa shape index (κ2) is 9.53. The van der Waals surface area contributed by atoms with Gasteiger partial charge in [0.1, 0.15) is 0 Å². The summed E-state index contributed by atoms with van der Waals surface area (Å²) in [5.41, 5.74) is 0. The molecule has 21 heavy (non-hydrogen) atoms. The Morgan fingerprint density at radius 1 is 1.05 bits per heavy atom. The van der Waals surface area contributed by atoms with Gasteiger partial charge in [-0.2, -0.15) is 0 Å². The van der Waals surface area contributed by atoms with Crippen LogP contribution in [0, 0.1) is 5.92 Å². The van der Waals surface area contributed by atoms with Crippen LogP contribution in [-0.2, 0) is 22.8 Å². The van der Waals surface area contributed by atoms with Crippen molar-refractivity contribution in [2.75, 3.05) is 46.2 Å². The lowest BCUT2D eigenvalue weighted by molar-refractivity contribution is -0.147. The van der Waals surface area contributed by atoms with Crippen molar-refractivity contribution < 1.29 is 22.8 Å². The van der Waals surface area contributed by atoms with E-state index in [-0.39, 0.29) is 11.9 Å². The van der Waals surface area contributed by atoms with Crippen molar-refractivity contribution in [1.29, 1.82) is 0 Å². The lowest BCUT2D eigenvalue weighted by atomic mass is 9.97. The molecule has 0 aliphatic carbocycles. The van der Waals surface area contributed by atoms with E-state index >= 15 is 0 Å². The van der Waals surface area contributed by atoms with Crippen molar-refractivity contribution in [3.63, 3.8) is 0 Å². The van der Waals surface area contributed by atoms with Gasteiger partial charge >= 0.3 is 14.8 Å². The monoisotopic (exact) mass is 319 g/mol. The molecule has 1 heterocycles. The van der Waals surface area contributed by atoms with E-state index in [0.29, 0.717) is 26.0 Å². The number of hydrogen-bond acceptors (Lipinski definition) is 6. The Labute approximate surface area is 129 Å². The number of carbonyl (C=O) groups excluding carboxylic acids is 1. The maximum Gasteiger partial charge on any atom is 0.515 e. The van der Waals surface area contributed by atoms with Crippen molar-refractivity contribution in [3.8, 4) is 0 Å². The summed E-state index contributed by atoms with van der Waals surface area (Å²) in [6.45, 7) is 9.35. The molecular weight excluding hydrogens is 290 g/mol. The second-order valence-corrected chi connectivity index (χ2v) is 7.60. The molecule has 0 atom stereocenters. The first kappa shape index (κ1) is 18.6. The fraction of sp³-hybridized carbons (Fsp3) is 0.929. The van der Waals surface area contributed by atoms with Crippen LogP contribution in [-0.4, -0.2) is 65.9 Å². The molecule has 1 aliphatic heterocycles. The predicted octanol–water partition coefficient (Wildman–Crippen LogP) is 1.46. The maximum absolute atomic E-state index is 11.6. The minimum atomic E-state index is -2.63. The van der Waals surface area contributed by atoms with Gasteiger partial charge in [0.2, 0.25) is 0 Å². The molecule has 0 amide bonds. The number of ether oxygens (including phenoxy) is 1. The summed E-state index contributed by atoms with van der Waals surface area (Å²) >= 11 is 0.